The van der Waals surface area contributed by atoms with Gasteiger partial charge in [0, 0.05) is 30.6 Å². The number of carbonyl (C=O) groups excluding carboxylic acids is 2. The van der Waals surface area contributed by atoms with Gasteiger partial charge in [0.25, 0.3) is 0 Å². The molecule has 0 aliphatic carbocycles. The van der Waals surface area contributed by atoms with Crippen LogP contribution in [0.1, 0.15) is 6.92 Å². The number of amides is 3. The molecule has 10 nitrogen and oxygen atoms in total. The number of sulfone groups is 1. The average Bonchev–Trinajstić information content (AvgIpc) is 2.69. The molecule has 3 N–H and O–H groups in total. The number of hydrogen-bond donors (Lipinski definition) is 3. The zero-order valence-corrected chi connectivity index (χ0v) is 17.4. The Bertz CT molecular complexity index is 1210. The zero-order valence-electron chi connectivity index (χ0n) is 16.6. The standard InChI is InChI=1S/C20H19N5O5S/c1-13(26)23-18-11-19(22-12-21-18)30-16-8-6-14(7-9-16)24-20(27)25-15-4-3-5-17(10-15)31(2,28)29/h3-12H,1-2H3,(H2,24,25,27)(H,21,22,23,26). The van der Waals surface area contributed by atoms with Crippen LogP contribution in [0.25, 0.3) is 0 Å². The Morgan fingerprint density at radius 2 is 1.61 bits per heavy atom. The summed E-state index contributed by atoms with van der Waals surface area (Å²) < 4.78 is 28.9. The molecule has 2 aromatic carbocycles. The van der Waals surface area contributed by atoms with Gasteiger partial charge in [0.15, 0.2) is 9.84 Å². The summed E-state index contributed by atoms with van der Waals surface area (Å²) >= 11 is 0. The molecule has 0 atom stereocenters. The van der Waals surface area contributed by atoms with Crippen molar-refractivity contribution in [3.63, 3.8) is 0 Å². The normalized spacial score (nSPS) is 10.8. The maximum atomic E-state index is 12.2. The number of benzene rings is 2. The Kier molecular flexibility index (Phi) is 6.46. The summed E-state index contributed by atoms with van der Waals surface area (Å²) in [7, 11) is -3.37. The molecule has 1 aromatic heterocycles. The molecule has 0 radical (unpaired) electrons. The smallest absolute Gasteiger partial charge is 0.323 e. The third kappa shape index (κ3) is 6.51. The van der Waals surface area contributed by atoms with E-state index in [1.165, 1.54) is 31.5 Å². The van der Waals surface area contributed by atoms with Crippen molar-refractivity contribution >= 4 is 39.0 Å². The van der Waals surface area contributed by atoms with Gasteiger partial charge < -0.3 is 20.7 Å². The summed E-state index contributed by atoms with van der Waals surface area (Å²) in [5.74, 6) is 0.746. The summed E-state index contributed by atoms with van der Waals surface area (Å²) in [5, 5.41) is 7.76. The Balaban J connectivity index is 1.61. The third-order valence-corrected chi connectivity index (χ3v) is 4.91. The summed E-state index contributed by atoms with van der Waals surface area (Å²) in [6.07, 6.45) is 2.36. The Labute approximate surface area is 178 Å². The van der Waals surface area contributed by atoms with Crippen molar-refractivity contribution in [3.05, 3.63) is 60.9 Å². The van der Waals surface area contributed by atoms with Crippen molar-refractivity contribution < 1.29 is 22.7 Å². The first-order valence-electron chi connectivity index (χ1n) is 8.95. The lowest BCUT2D eigenvalue weighted by atomic mass is 10.3. The second-order valence-corrected chi connectivity index (χ2v) is 8.44. The first-order chi connectivity index (χ1) is 14.7. The lowest BCUT2D eigenvalue weighted by Gasteiger charge is -2.10. The van der Waals surface area contributed by atoms with Crippen molar-refractivity contribution in [2.45, 2.75) is 11.8 Å². The van der Waals surface area contributed by atoms with Crippen molar-refractivity contribution in [1.29, 1.82) is 0 Å². The molecule has 3 amide bonds. The Morgan fingerprint density at radius 3 is 2.29 bits per heavy atom. The number of nitrogens with one attached hydrogen (secondary N) is 3. The van der Waals surface area contributed by atoms with Gasteiger partial charge in [-0.05, 0) is 42.5 Å². The predicted molar refractivity (Wildman–Crippen MR) is 115 cm³/mol. The van der Waals surface area contributed by atoms with E-state index in [1.807, 2.05) is 0 Å². The van der Waals surface area contributed by atoms with Crippen LogP contribution in [-0.2, 0) is 14.6 Å². The third-order valence-electron chi connectivity index (χ3n) is 3.80. The molecule has 0 fully saturated rings. The quantitative estimate of drug-likeness (QED) is 0.533. The van der Waals surface area contributed by atoms with Crippen molar-refractivity contribution in [3.8, 4) is 11.6 Å². The predicted octanol–water partition coefficient (Wildman–Crippen LogP) is 3.27. The number of rotatable bonds is 6. The van der Waals surface area contributed by atoms with E-state index >= 15 is 0 Å². The zero-order chi connectivity index (χ0) is 22.4. The van der Waals surface area contributed by atoms with Crippen LogP contribution < -0.4 is 20.7 Å². The van der Waals surface area contributed by atoms with Gasteiger partial charge in [0.2, 0.25) is 11.8 Å². The fourth-order valence-corrected chi connectivity index (χ4v) is 3.14. The van der Waals surface area contributed by atoms with Crippen LogP contribution in [0, 0.1) is 0 Å². The molecule has 0 aliphatic heterocycles. The van der Waals surface area contributed by atoms with Crippen LogP contribution in [0.5, 0.6) is 11.6 Å². The molecular formula is C20H19N5O5S. The van der Waals surface area contributed by atoms with E-state index in [2.05, 4.69) is 25.9 Å². The molecule has 0 saturated heterocycles. The summed E-state index contributed by atoms with van der Waals surface area (Å²) in [6.45, 7) is 1.37. The summed E-state index contributed by atoms with van der Waals surface area (Å²) in [6, 6.07) is 13.4. The number of anilines is 3. The second-order valence-electron chi connectivity index (χ2n) is 6.43. The molecule has 3 rings (SSSR count). The minimum atomic E-state index is -3.37. The lowest BCUT2D eigenvalue weighted by Crippen LogP contribution is -2.19. The molecule has 0 aliphatic rings. The molecule has 0 spiro atoms. The molecule has 3 aromatic rings. The van der Waals surface area contributed by atoms with Crippen LogP contribution in [0.2, 0.25) is 0 Å². The number of hydrogen-bond acceptors (Lipinski definition) is 7. The van der Waals surface area contributed by atoms with E-state index < -0.39 is 15.9 Å². The van der Waals surface area contributed by atoms with E-state index in [0.29, 0.717) is 22.9 Å². The number of urea groups is 1. The van der Waals surface area contributed by atoms with Gasteiger partial charge in [-0.25, -0.2) is 23.2 Å². The monoisotopic (exact) mass is 441 g/mol. The fourth-order valence-electron chi connectivity index (χ4n) is 2.47. The van der Waals surface area contributed by atoms with E-state index in [4.69, 9.17) is 4.74 Å². The second kappa shape index (κ2) is 9.22. The summed E-state index contributed by atoms with van der Waals surface area (Å²) in [5.41, 5.74) is 0.838. The highest BCUT2D eigenvalue weighted by atomic mass is 32.2. The molecule has 0 saturated carbocycles. The van der Waals surface area contributed by atoms with Gasteiger partial charge in [-0.1, -0.05) is 6.07 Å². The minimum Gasteiger partial charge on any atom is -0.439 e. The van der Waals surface area contributed by atoms with Gasteiger partial charge in [-0.3, -0.25) is 4.79 Å². The van der Waals surface area contributed by atoms with Gasteiger partial charge >= 0.3 is 6.03 Å². The van der Waals surface area contributed by atoms with Gasteiger partial charge in [0.05, 0.1) is 4.90 Å². The lowest BCUT2D eigenvalue weighted by molar-refractivity contribution is -0.114. The van der Waals surface area contributed by atoms with Crippen LogP contribution in [0.15, 0.2) is 65.8 Å². The van der Waals surface area contributed by atoms with E-state index in [-0.39, 0.29) is 16.7 Å². The number of carbonyl (C=O) groups is 2. The number of nitrogens with zero attached hydrogens (tertiary/aromatic N) is 2. The van der Waals surface area contributed by atoms with Gasteiger partial charge in [-0.15, -0.1) is 0 Å². The van der Waals surface area contributed by atoms with Gasteiger partial charge in [0.1, 0.15) is 17.9 Å². The average molecular weight is 441 g/mol. The highest BCUT2D eigenvalue weighted by molar-refractivity contribution is 7.90. The SMILES string of the molecule is CC(=O)Nc1cc(Oc2ccc(NC(=O)Nc3cccc(S(C)(=O)=O)c3)cc2)ncn1. The van der Waals surface area contributed by atoms with Crippen LogP contribution in [0.3, 0.4) is 0 Å². The number of ether oxygens (including phenoxy) is 1. The highest BCUT2D eigenvalue weighted by Crippen LogP contribution is 2.23. The Hall–Kier alpha value is -3.99. The molecule has 11 heteroatoms. The number of aromatic nitrogens is 2. The summed E-state index contributed by atoms with van der Waals surface area (Å²) in [4.78, 5) is 31.3. The van der Waals surface area contributed by atoms with Crippen LogP contribution in [0.4, 0.5) is 22.0 Å². The fraction of sp³-hybridized carbons (Fsp3) is 0.100. The first kappa shape index (κ1) is 21.7. The molecule has 160 valence electrons. The van der Waals surface area contributed by atoms with E-state index in [0.717, 1.165) is 6.26 Å². The van der Waals surface area contributed by atoms with E-state index in [1.54, 1.807) is 36.4 Å². The van der Waals surface area contributed by atoms with Crippen molar-refractivity contribution in [2.75, 3.05) is 22.2 Å². The molecule has 31 heavy (non-hydrogen) atoms. The molecule has 1 heterocycles. The van der Waals surface area contributed by atoms with Crippen molar-refractivity contribution in [1.82, 2.24) is 9.97 Å². The maximum Gasteiger partial charge on any atom is 0.323 e. The molecule has 0 unspecified atom stereocenters. The van der Waals surface area contributed by atoms with Crippen molar-refractivity contribution in [2.24, 2.45) is 0 Å². The minimum absolute atomic E-state index is 0.109. The molecule has 0 bridgehead atoms. The first-order valence-corrected chi connectivity index (χ1v) is 10.8. The highest BCUT2D eigenvalue weighted by Gasteiger charge is 2.09. The van der Waals surface area contributed by atoms with E-state index in [9.17, 15) is 18.0 Å². The molecular weight excluding hydrogens is 422 g/mol. The Morgan fingerprint density at radius 1 is 0.903 bits per heavy atom. The van der Waals surface area contributed by atoms with Crippen LogP contribution in [-0.4, -0.2) is 36.6 Å². The largest absolute Gasteiger partial charge is 0.439 e. The maximum absolute atomic E-state index is 12.2. The topological polar surface area (TPSA) is 139 Å². The van der Waals surface area contributed by atoms with Crippen LogP contribution >= 0.6 is 0 Å². The van der Waals surface area contributed by atoms with Gasteiger partial charge in [-0.2, -0.15) is 0 Å².